The molecule has 15 N–H and O–H groups in total. The Balaban J connectivity index is 2.07. The van der Waals surface area contributed by atoms with E-state index >= 15 is 0 Å². The molecule has 3 rings (SSSR count). The summed E-state index contributed by atoms with van der Waals surface area (Å²) in [5, 5.41) is 15.9. The second kappa shape index (κ2) is 23.4. The molecule has 2 saturated heterocycles. The van der Waals surface area contributed by atoms with Crippen molar-refractivity contribution in [1.29, 1.82) is 0 Å². The predicted molar refractivity (Wildman–Crippen MR) is 210 cm³/mol. The number of rotatable bonds is 15. The lowest BCUT2D eigenvalue weighted by molar-refractivity contribution is -0.143. The first-order valence-corrected chi connectivity index (χ1v) is 19.7. The Morgan fingerprint density at radius 3 is 2.17 bits per heavy atom. The molecule has 0 unspecified atom stereocenters. The molecule has 2 aliphatic heterocycles. The number of unbranched alkanes of at least 4 members (excludes halogenated alkanes) is 1. The van der Waals surface area contributed by atoms with E-state index in [2.05, 4.69) is 46.9 Å². The van der Waals surface area contributed by atoms with Crippen LogP contribution in [0.1, 0.15) is 83.7 Å². The molecule has 1 aromatic heterocycles. The molecule has 0 saturated carbocycles. The van der Waals surface area contributed by atoms with E-state index in [9.17, 15) is 38.4 Å². The summed E-state index contributed by atoms with van der Waals surface area (Å²) in [5.41, 5.74) is 22.5. The molecule has 0 bridgehead atoms. The molecule has 58 heavy (non-hydrogen) atoms. The number of hydrogen-bond acceptors (Lipinski definition) is 11. The zero-order valence-electron chi connectivity index (χ0n) is 33.2. The van der Waals surface area contributed by atoms with Gasteiger partial charge in [0.2, 0.25) is 47.3 Å². The van der Waals surface area contributed by atoms with Crippen molar-refractivity contribution in [3.05, 3.63) is 18.2 Å². The third kappa shape index (κ3) is 14.6. The predicted octanol–water partition coefficient (Wildman–Crippen LogP) is -4.01. The first kappa shape index (κ1) is 46.6. The first-order valence-electron chi connectivity index (χ1n) is 19.7. The third-order valence-electron chi connectivity index (χ3n) is 10.1. The molecular formula is C36H60N14O8. The van der Waals surface area contributed by atoms with Crippen LogP contribution in [0.5, 0.6) is 0 Å². The molecule has 2 aliphatic rings. The number of fused-ring (bicyclic) bond motifs is 1. The van der Waals surface area contributed by atoms with Crippen LogP contribution in [0.15, 0.2) is 17.5 Å². The number of aliphatic imine (C=N–C) groups is 1. The minimum atomic E-state index is -1.38. The van der Waals surface area contributed by atoms with Gasteiger partial charge in [0.15, 0.2) is 5.96 Å². The van der Waals surface area contributed by atoms with Gasteiger partial charge in [0.1, 0.15) is 36.3 Å². The van der Waals surface area contributed by atoms with Gasteiger partial charge in [-0.3, -0.25) is 43.3 Å². The number of nitrogens with two attached hydrogens (primary N) is 4. The van der Waals surface area contributed by atoms with E-state index in [4.69, 9.17) is 22.9 Å². The van der Waals surface area contributed by atoms with E-state index in [1.54, 1.807) is 6.92 Å². The van der Waals surface area contributed by atoms with Gasteiger partial charge in [0.05, 0.1) is 12.9 Å². The van der Waals surface area contributed by atoms with Gasteiger partial charge >= 0.3 is 0 Å². The minimum absolute atomic E-state index is 0.0315. The van der Waals surface area contributed by atoms with Crippen LogP contribution in [-0.2, 0) is 44.8 Å². The molecule has 1 aromatic rings. The lowest BCUT2D eigenvalue weighted by Gasteiger charge is -2.32. The van der Waals surface area contributed by atoms with Crippen LogP contribution in [0, 0.1) is 5.92 Å². The molecule has 8 amide bonds. The quantitative estimate of drug-likeness (QED) is 0.0458. The van der Waals surface area contributed by atoms with Crippen molar-refractivity contribution >= 4 is 53.2 Å². The minimum Gasteiger partial charge on any atom is -0.370 e. The van der Waals surface area contributed by atoms with Gasteiger partial charge in [0, 0.05) is 37.8 Å². The van der Waals surface area contributed by atoms with Crippen molar-refractivity contribution in [1.82, 2.24) is 46.8 Å². The zero-order valence-corrected chi connectivity index (χ0v) is 33.2. The number of imidazole rings is 1. The third-order valence-corrected chi connectivity index (χ3v) is 10.1. The molecular weight excluding hydrogens is 756 g/mol. The number of hydrogen-bond donors (Lipinski definition) is 11. The van der Waals surface area contributed by atoms with E-state index in [0.29, 0.717) is 37.9 Å². The fourth-order valence-electron chi connectivity index (χ4n) is 6.70. The van der Waals surface area contributed by atoms with E-state index in [0.717, 1.165) is 0 Å². The van der Waals surface area contributed by atoms with E-state index in [1.165, 1.54) is 17.4 Å². The SMILES string of the molecule is CC[C@H](C)[C@@H]1NC(=O)[C@H](CCCN=C(N)N)NC(=O)CNC(=O)[C@H](CCC(N)=O)NC(=O)[C@H](Cc2cnc[nH]2)NC(=O)[C@@H]2CCCN2C(=O)[C@H](CCCCN)NC1=O. The maximum absolute atomic E-state index is 14.3. The van der Waals surface area contributed by atoms with Crippen LogP contribution in [0.4, 0.5) is 0 Å². The largest absolute Gasteiger partial charge is 0.370 e. The van der Waals surface area contributed by atoms with Crippen molar-refractivity contribution in [3.63, 3.8) is 0 Å². The van der Waals surface area contributed by atoms with E-state index < -0.39 is 96.0 Å². The zero-order chi connectivity index (χ0) is 42.8. The van der Waals surface area contributed by atoms with Crippen molar-refractivity contribution in [2.24, 2.45) is 33.8 Å². The highest BCUT2D eigenvalue weighted by Crippen LogP contribution is 2.21. The molecule has 22 heteroatoms. The van der Waals surface area contributed by atoms with Crippen molar-refractivity contribution < 1.29 is 38.4 Å². The molecule has 0 aliphatic carbocycles. The van der Waals surface area contributed by atoms with Crippen molar-refractivity contribution in [2.75, 3.05) is 26.2 Å². The molecule has 322 valence electrons. The molecule has 0 spiro atoms. The van der Waals surface area contributed by atoms with Gasteiger partial charge in [-0.1, -0.05) is 20.3 Å². The molecule has 2 fully saturated rings. The Morgan fingerprint density at radius 1 is 0.845 bits per heavy atom. The van der Waals surface area contributed by atoms with Crippen LogP contribution < -0.4 is 54.8 Å². The molecule has 7 atom stereocenters. The first-order chi connectivity index (χ1) is 27.6. The summed E-state index contributed by atoms with van der Waals surface area (Å²) in [5.74, 6) is -6.32. The topological polar surface area (TPSA) is 357 Å². The fraction of sp³-hybridized carbons (Fsp3) is 0.667. The van der Waals surface area contributed by atoms with Crippen LogP contribution in [0.25, 0.3) is 0 Å². The Kier molecular flexibility index (Phi) is 18.8. The standard InChI is InChI=1S/C36H60N14O8/c1-3-20(2)29-34(57)47-24(8-4-5-13-37)35(58)50-15-7-10-26(50)33(56)48-25(16-21-17-41-19-44-21)32(55)46-23(11-12-27(38)51)30(53)43-18-28(52)45-22(31(54)49-29)9-6-14-42-36(39)40/h17,19-20,22-26,29H,3-16,18,37H2,1-2H3,(H2,38,51)(H,41,44)(H,43,53)(H,45,52)(H,46,55)(H,47,57)(H,48,56)(H,49,54)(H4,39,40,42)/t20-,22-,23-,24-,25-,26-,29-/m0/s1. The number of amides is 8. The highest BCUT2D eigenvalue weighted by Gasteiger charge is 2.40. The number of nitrogens with one attached hydrogen (secondary N) is 7. The number of aromatic nitrogens is 2. The average molecular weight is 817 g/mol. The van der Waals surface area contributed by atoms with Gasteiger partial charge in [-0.25, -0.2) is 4.98 Å². The molecule has 0 aromatic carbocycles. The highest BCUT2D eigenvalue weighted by molar-refractivity contribution is 5.98. The lowest BCUT2D eigenvalue weighted by atomic mass is 9.96. The Bertz CT molecular complexity index is 1620. The number of primary amides is 1. The van der Waals surface area contributed by atoms with Gasteiger partial charge < -0.3 is 64.7 Å². The second-order valence-electron chi connectivity index (χ2n) is 14.6. The molecule has 3 heterocycles. The number of carbonyl (C=O) groups is 8. The maximum atomic E-state index is 14.3. The van der Waals surface area contributed by atoms with Crippen LogP contribution in [0.2, 0.25) is 0 Å². The summed E-state index contributed by atoms with van der Waals surface area (Å²) in [6.45, 7) is 3.60. The maximum Gasteiger partial charge on any atom is 0.245 e. The number of carbonyl (C=O) groups excluding carboxylic acids is 8. The summed E-state index contributed by atoms with van der Waals surface area (Å²) in [6.07, 6.45) is 4.86. The van der Waals surface area contributed by atoms with E-state index in [1.807, 2.05) is 6.92 Å². The number of H-pyrrole nitrogens is 1. The van der Waals surface area contributed by atoms with Crippen LogP contribution in [0.3, 0.4) is 0 Å². The summed E-state index contributed by atoms with van der Waals surface area (Å²) >= 11 is 0. The summed E-state index contributed by atoms with van der Waals surface area (Å²) in [4.78, 5) is 121. The lowest BCUT2D eigenvalue weighted by Crippen LogP contribution is -2.60. The molecule has 22 nitrogen and oxygen atoms in total. The van der Waals surface area contributed by atoms with Crippen LogP contribution >= 0.6 is 0 Å². The highest BCUT2D eigenvalue weighted by atomic mass is 16.2. The summed E-state index contributed by atoms with van der Waals surface area (Å²) < 4.78 is 0. The van der Waals surface area contributed by atoms with Crippen LogP contribution in [-0.4, -0.2) is 131 Å². The Morgan fingerprint density at radius 2 is 1.52 bits per heavy atom. The molecule has 0 radical (unpaired) electrons. The normalized spacial score (nSPS) is 24.8. The van der Waals surface area contributed by atoms with Gasteiger partial charge in [-0.2, -0.15) is 0 Å². The Hall–Kier alpha value is -5.80. The average Bonchev–Trinajstić information content (AvgIpc) is 3.90. The summed E-state index contributed by atoms with van der Waals surface area (Å²) in [7, 11) is 0. The number of nitrogens with zero attached hydrogens (tertiary/aromatic N) is 3. The summed E-state index contributed by atoms with van der Waals surface area (Å²) in [6, 6.07) is -7.13. The Labute approximate surface area is 336 Å². The smallest absolute Gasteiger partial charge is 0.245 e. The van der Waals surface area contributed by atoms with Crippen molar-refractivity contribution in [2.45, 2.75) is 121 Å². The van der Waals surface area contributed by atoms with Crippen molar-refractivity contribution in [3.8, 4) is 0 Å². The number of guanidine groups is 1. The number of aromatic amines is 1. The van der Waals surface area contributed by atoms with Gasteiger partial charge in [0.25, 0.3) is 0 Å². The van der Waals surface area contributed by atoms with Gasteiger partial charge in [-0.15, -0.1) is 0 Å². The van der Waals surface area contributed by atoms with E-state index in [-0.39, 0.29) is 64.0 Å². The van der Waals surface area contributed by atoms with Gasteiger partial charge in [-0.05, 0) is 63.8 Å². The fourth-order valence-corrected chi connectivity index (χ4v) is 6.70. The monoisotopic (exact) mass is 816 g/mol. The second-order valence-corrected chi connectivity index (χ2v) is 14.6.